The Morgan fingerprint density at radius 2 is 0.677 bits per heavy atom. The minimum absolute atomic E-state index is 0.0856. The Kier molecular flexibility index (Phi) is 48.4. The molecule has 0 fully saturated rings. The maximum absolute atomic E-state index is 12.8. The number of ether oxygens (including phenoxy) is 3. The molecular weight excluding hydrogens is 769 g/mol. The highest BCUT2D eigenvalue weighted by Crippen LogP contribution is 2.14. The molecule has 0 spiro atoms. The van der Waals surface area contributed by atoms with Gasteiger partial charge in [-0.25, -0.2) is 0 Å². The van der Waals surface area contributed by atoms with Crippen LogP contribution < -0.4 is 0 Å². The lowest BCUT2D eigenvalue weighted by molar-refractivity contribution is -0.167. The topological polar surface area (TPSA) is 78.9 Å². The Morgan fingerprint density at radius 1 is 0.355 bits per heavy atom. The number of rotatable bonds is 47. The van der Waals surface area contributed by atoms with E-state index in [0.29, 0.717) is 19.3 Å². The Morgan fingerprint density at radius 3 is 1.11 bits per heavy atom. The van der Waals surface area contributed by atoms with E-state index in [1.807, 2.05) is 0 Å². The highest BCUT2D eigenvalue weighted by atomic mass is 16.6. The molecule has 0 aliphatic rings. The molecule has 62 heavy (non-hydrogen) atoms. The maximum Gasteiger partial charge on any atom is 0.306 e. The van der Waals surface area contributed by atoms with Crippen LogP contribution in [-0.4, -0.2) is 37.2 Å². The van der Waals surface area contributed by atoms with Gasteiger partial charge in [0.2, 0.25) is 0 Å². The van der Waals surface area contributed by atoms with Gasteiger partial charge in [0.05, 0.1) is 0 Å². The number of carbonyl (C=O) groups excluding carboxylic acids is 3. The summed E-state index contributed by atoms with van der Waals surface area (Å²) in [5, 5.41) is 0. The maximum atomic E-state index is 12.8. The van der Waals surface area contributed by atoms with Crippen molar-refractivity contribution in [1.82, 2.24) is 0 Å². The molecule has 0 aromatic carbocycles. The van der Waals surface area contributed by atoms with Crippen LogP contribution in [0.2, 0.25) is 0 Å². The fraction of sp³-hybridized carbons (Fsp3) is 0.768. The first-order chi connectivity index (χ1) is 30.5. The fourth-order valence-corrected chi connectivity index (χ4v) is 7.29. The lowest BCUT2D eigenvalue weighted by Crippen LogP contribution is -2.30. The van der Waals surface area contributed by atoms with Gasteiger partial charge in [-0.3, -0.25) is 14.4 Å². The highest BCUT2D eigenvalue weighted by Gasteiger charge is 2.19. The number of hydrogen-bond donors (Lipinski definition) is 0. The van der Waals surface area contributed by atoms with Gasteiger partial charge in [-0.15, -0.1) is 0 Å². The molecular formula is C56H98O6. The van der Waals surface area contributed by atoms with Crippen molar-refractivity contribution < 1.29 is 28.6 Å². The molecule has 0 aliphatic heterocycles. The molecule has 6 nitrogen and oxygen atoms in total. The fourth-order valence-electron chi connectivity index (χ4n) is 7.29. The van der Waals surface area contributed by atoms with Crippen molar-refractivity contribution in [2.45, 2.75) is 264 Å². The zero-order chi connectivity index (χ0) is 45.1. The van der Waals surface area contributed by atoms with E-state index in [0.717, 1.165) is 103 Å². The van der Waals surface area contributed by atoms with Crippen molar-refractivity contribution in [2.75, 3.05) is 13.2 Å². The summed E-state index contributed by atoms with van der Waals surface area (Å²) in [6.07, 6.45) is 62.0. The molecule has 0 aliphatic carbocycles. The molecule has 0 saturated carbocycles. The predicted octanol–water partition coefficient (Wildman–Crippen LogP) is 17.3. The average molecular weight is 867 g/mol. The Hall–Kier alpha value is -2.89. The van der Waals surface area contributed by atoms with Crippen LogP contribution >= 0.6 is 0 Å². The van der Waals surface area contributed by atoms with Crippen LogP contribution in [0.5, 0.6) is 0 Å². The number of hydrogen-bond acceptors (Lipinski definition) is 6. The second kappa shape index (κ2) is 50.8. The Labute approximate surface area is 383 Å². The normalized spacial score (nSPS) is 12.5. The summed E-state index contributed by atoms with van der Waals surface area (Å²) in [7, 11) is 0. The Bertz CT molecular complexity index is 1130. The van der Waals surface area contributed by atoms with Crippen molar-refractivity contribution in [2.24, 2.45) is 0 Å². The molecule has 0 rings (SSSR count). The summed E-state index contributed by atoms with van der Waals surface area (Å²) in [4.78, 5) is 38.0. The van der Waals surface area contributed by atoms with Crippen molar-refractivity contribution >= 4 is 17.9 Å². The molecule has 1 atom stereocenters. The van der Waals surface area contributed by atoms with E-state index in [-0.39, 0.29) is 31.1 Å². The minimum Gasteiger partial charge on any atom is -0.462 e. The molecule has 6 heteroatoms. The van der Waals surface area contributed by atoms with Crippen LogP contribution in [0.25, 0.3) is 0 Å². The third kappa shape index (κ3) is 48.1. The summed E-state index contributed by atoms with van der Waals surface area (Å²) >= 11 is 0. The van der Waals surface area contributed by atoms with Crippen LogP contribution in [0.1, 0.15) is 258 Å². The van der Waals surface area contributed by atoms with Crippen molar-refractivity contribution in [3.8, 4) is 0 Å². The predicted molar refractivity (Wildman–Crippen MR) is 265 cm³/mol. The van der Waals surface area contributed by atoms with Gasteiger partial charge in [-0.1, -0.05) is 204 Å². The second-order valence-corrected chi connectivity index (χ2v) is 17.4. The summed E-state index contributed by atoms with van der Waals surface area (Å²) in [5.74, 6) is -0.912. The number of esters is 3. The minimum atomic E-state index is -0.787. The van der Waals surface area contributed by atoms with E-state index in [9.17, 15) is 14.4 Å². The SMILES string of the molecule is CC/C=C\C/C=C\CCCCCCCC(=O)OCC(COC(=O)CCCCCCCCC/C=C\CCCCCCCC)OC(=O)CCCCCCCC/C=C\C=C/CCCCC. The van der Waals surface area contributed by atoms with E-state index in [4.69, 9.17) is 14.2 Å². The van der Waals surface area contributed by atoms with E-state index in [1.165, 1.54) is 116 Å². The quantitative estimate of drug-likeness (QED) is 0.0199. The van der Waals surface area contributed by atoms with Crippen LogP contribution in [-0.2, 0) is 28.6 Å². The van der Waals surface area contributed by atoms with Gasteiger partial charge >= 0.3 is 17.9 Å². The molecule has 358 valence electrons. The number of carbonyl (C=O) groups is 3. The standard InChI is InChI=1S/C56H98O6/c1-4-7-10-13-16-19-22-25-27-28-30-31-34-37-40-43-46-49-55(58)61-52-53(51-60-54(57)48-45-42-39-36-33-24-21-18-15-12-9-6-3)62-56(59)50-47-44-41-38-35-32-29-26-23-20-17-14-11-8-5-2/h9,12,17-18,20-21,23,25-27,53H,4-8,10-11,13-16,19,22,24,28-52H2,1-3H3/b12-9-,20-17-,21-18-,26-23-,27-25-. The first-order valence-corrected chi connectivity index (χ1v) is 26.3. The molecule has 0 heterocycles. The lowest BCUT2D eigenvalue weighted by atomic mass is 10.1. The molecule has 0 aromatic heterocycles. The van der Waals surface area contributed by atoms with Gasteiger partial charge in [0.1, 0.15) is 13.2 Å². The molecule has 0 bridgehead atoms. The van der Waals surface area contributed by atoms with Gasteiger partial charge in [-0.05, 0) is 96.3 Å². The zero-order valence-corrected chi connectivity index (χ0v) is 40.9. The van der Waals surface area contributed by atoms with Crippen LogP contribution in [0, 0.1) is 0 Å². The first kappa shape index (κ1) is 59.1. The highest BCUT2D eigenvalue weighted by molar-refractivity contribution is 5.71. The van der Waals surface area contributed by atoms with Gasteiger partial charge in [0, 0.05) is 19.3 Å². The lowest BCUT2D eigenvalue weighted by Gasteiger charge is -2.18. The molecule has 0 amide bonds. The van der Waals surface area contributed by atoms with E-state index >= 15 is 0 Å². The smallest absolute Gasteiger partial charge is 0.306 e. The summed E-state index contributed by atoms with van der Waals surface area (Å²) < 4.78 is 16.8. The zero-order valence-electron chi connectivity index (χ0n) is 40.9. The van der Waals surface area contributed by atoms with Crippen LogP contribution in [0.15, 0.2) is 60.8 Å². The summed E-state index contributed by atoms with van der Waals surface area (Å²) in [6, 6.07) is 0. The van der Waals surface area contributed by atoms with E-state index in [2.05, 4.69) is 81.5 Å². The third-order valence-electron chi connectivity index (χ3n) is 11.3. The molecule has 0 N–H and O–H groups in total. The largest absolute Gasteiger partial charge is 0.462 e. The molecule has 0 saturated heterocycles. The summed E-state index contributed by atoms with van der Waals surface area (Å²) in [5.41, 5.74) is 0. The second-order valence-electron chi connectivity index (χ2n) is 17.4. The average Bonchev–Trinajstić information content (AvgIpc) is 3.27. The van der Waals surface area contributed by atoms with Crippen LogP contribution in [0.4, 0.5) is 0 Å². The van der Waals surface area contributed by atoms with E-state index < -0.39 is 6.10 Å². The molecule has 1 unspecified atom stereocenters. The number of unbranched alkanes of at least 4 members (excludes halogenated alkanes) is 27. The van der Waals surface area contributed by atoms with Crippen molar-refractivity contribution in [3.05, 3.63) is 60.8 Å². The van der Waals surface area contributed by atoms with Crippen molar-refractivity contribution in [3.63, 3.8) is 0 Å². The van der Waals surface area contributed by atoms with E-state index in [1.54, 1.807) is 0 Å². The third-order valence-corrected chi connectivity index (χ3v) is 11.3. The first-order valence-electron chi connectivity index (χ1n) is 26.3. The molecule has 0 radical (unpaired) electrons. The van der Waals surface area contributed by atoms with Gasteiger partial charge < -0.3 is 14.2 Å². The number of allylic oxidation sites excluding steroid dienone is 10. The van der Waals surface area contributed by atoms with Crippen molar-refractivity contribution in [1.29, 1.82) is 0 Å². The monoisotopic (exact) mass is 867 g/mol. The van der Waals surface area contributed by atoms with Gasteiger partial charge in [-0.2, -0.15) is 0 Å². The summed E-state index contributed by atoms with van der Waals surface area (Å²) in [6.45, 7) is 6.48. The van der Waals surface area contributed by atoms with Gasteiger partial charge in [0.25, 0.3) is 0 Å². The Balaban J connectivity index is 4.39. The van der Waals surface area contributed by atoms with Gasteiger partial charge in [0.15, 0.2) is 6.10 Å². The van der Waals surface area contributed by atoms with Crippen LogP contribution in [0.3, 0.4) is 0 Å². The molecule has 0 aromatic rings.